The van der Waals surface area contributed by atoms with E-state index in [-0.39, 0.29) is 5.92 Å². The lowest BCUT2D eigenvalue weighted by molar-refractivity contribution is -0.148. The fraction of sp³-hybridized carbons (Fsp3) is 0.941. The smallest absolute Gasteiger partial charge is 0.225 e. The molecule has 120 valence electrons. The fourth-order valence-corrected chi connectivity index (χ4v) is 4.67. The van der Waals surface area contributed by atoms with Gasteiger partial charge in [0, 0.05) is 24.9 Å². The van der Waals surface area contributed by atoms with E-state index in [1.54, 1.807) is 0 Å². The maximum Gasteiger partial charge on any atom is 0.225 e. The van der Waals surface area contributed by atoms with Crippen LogP contribution in [0.4, 0.5) is 0 Å². The number of hydrogen-bond acceptors (Lipinski definition) is 3. The van der Waals surface area contributed by atoms with Gasteiger partial charge >= 0.3 is 0 Å². The first-order valence-corrected chi connectivity index (χ1v) is 8.83. The van der Waals surface area contributed by atoms with Gasteiger partial charge in [0.05, 0.1) is 5.60 Å². The summed E-state index contributed by atoms with van der Waals surface area (Å²) >= 11 is 0. The van der Waals surface area contributed by atoms with Crippen LogP contribution < -0.4 is 5.73 Å². The van der Waals surface area contributed by atoms with Crippen LogP contribution in [0.25, 0.3) is 0 Å². The number of carbonyl (C=O) groups is 1. The molecule has 2 atom stereocenters. The van der Waals surface area contributed by atoms with Crippen LogP contribution in [0.15, 0.2) is 0 Å². The highest BCUT2D eigenvalue weighted by Crippen LogP contribution is 2.40. The minimum absolute atomic E-state index is 0.211. The summed E-state index contributed by atoms with van der Waals surface area (Å²) in [5.74, 6) is 1.49. The van der Waals surface area contributed by atoms with E-state index < -0.39 is 5.60 Å². The number of amides is 1. The molecule has 4 heteroatoms. The predicted octanol–water partition coefficient (Wildman–Crippen LogP) is 1.91. The van der Waals surface area contributed by atoms with Crippen LogP contribution in [0.2, 0.25) is 0 Å². The third kappa shape index (κ3) is 3.11. The summed E-state index contributed by atoms with van der Waals surface area (Å²) in [6.45, 7) is 2.30. The van der Waals surface area contributed by atoms with Crippen molar-refractivity contribution < 1.29 is 9.90 Å². The molecule has 2 unspecified atom stereocenters. The van der Waals surface area contributed by atoms with Gasteiger partial charge < -0.3 is 15.7 Å². The van der Waals surface area contributed by atoms with Gasteiger partial charge in [0.2, 0.25) is 5.91 Å². The van der Waals surface area contributed by atoms with E-state index in [0.717, 1.165) is 71.0 Å². The van der Waals surface area contributed by atoms with E-state index in [4.69, 9.17) is 5.73 Å². The molecule has 1 heterocycles. The number of piperidine rings is 1. The second kappa shape index (κ2) is 6.25. The summed E-state index contributed by atoms with van der Waals surface area (Å²) in [5.41, 5.74) is 5.25. The molecular weight excluding hydrogens is 264 g/mol. The number of carbonyl (C=O) groups excluding carboxylic acids is 1. The van der Waals surface area contributed by atoms with Gasteiger partial charge in [-0.3, -0.25) is 4.79 Å². The van der Waals surface area contributed by atoms with Crippen LogP contribution >= 0.6 is 0 Å². The minimum atomic E-state index is -0.480. The molecule has 3 fully saturated rings. The molecule has 3 rings (SSSR count). The van der Waals surface area contributed by atoms with Crippen molar-refractivity contribution in [3.8, 4) is 0 Å². The molecule has 0 spiro atoms. The lowest BCUT2D eigenvalue weighted by Gasteiger charge is -2.48. The first-order chi connectivity index (χ1) is 10.1. The van der Waals surface area contributed by atoms with Gasteiger partial charge in [0.25, 0.3) is 0 Å². The first kappa shape index (κ1) is 15.3. The number of nitrogens with two attached hydrogens (primary N) is 1. The molecule has 4 nitrogen and oxygen atoms in total. The molecular formula is C17H30N2O2. The zero-order valence-corrected chi connectivity index (χ0v) is 13.1. The molecule has 2 aliphatic carbocycles. The van der Waals surface area contributed by atoms with Crippen molar-refractivity contribution in [3.63, 3.8) is 0 Å². The Morgan fingerprint density at radius 2 is 1.90 bits per heavy atom. The van der Waals surface area contributed by atoms with Crippen molar-refractivity contribution in [2.75, 3.05) is 19.6 Å². The van der Waals surface area contributed by atoms with Gasteiger partial charge in [-0.15, -0.1) is 0 Å². The molecule has 0 aromatic heterocycles. The second-order valence-electron chi connectivity index (χ2n) is 7.53. The number of likely N-dealkylation sites (tertiary alicyclic amines) is 1. The summed E-state index contributed by atoms with van der Waals surface area (Å²) < 4.78 is 0. The van der Waals surface area contributed by atoms with E-state index in [1.807, 2.05) is 0 Å². The molecule has 2 saturated carbocycles. The molecule has 1 aliphatic heterocycles. The van der Waals surface area contributed by atoms with Crippen molar-refractivity contribution in [3.05, 3.63) is 0 Å². The topological polar surface area (TPSA) is 66.6 Å². The Hall–Kier alpha value is -0.610. The van der Waals surface area contributed by atoms with Crippen LogP contribution in [0.3, 0.4) is 0 Å². The number of fused-ring (bicyclic) bond motifs is 1. The molecule has 1 saturated heterocycles. The van der Waals surface area contributed by atoms with Crippen molar-refractivity contribution in [1.29, 1.82) is 0 Å². The average Bonchev–Trinajstić information content (AvgIpc) is 2.53. The van der Waals surface area contributed by atoms with Gasteiger partial charge in [-0.2, -0.15) is 0 Å². The molecule has 0 bridgehead atoms. The van der Waals surface area contributed by atoms with Crippen molar-refractivity contribution >= 4 is 5.91 Å². The Balaban J connectivity index is 1.56. The summed E-state index contributed by atoms with van der Waals surface area (Å²) in [5, 5.41) is 10.7. The molecule has 0 radical (unpaired) electrons. The molecule has 1 amide bonds. The fourth-order valence-electron chi connectivity index (χ4n) is 4.67. The van der Waals surface area contributed by atoms with Crippen molar-refractivity contribution in [2.45, 2.75) is 63.4 Å². The summed E-state index contributed by atoms with van der Waals surface area (Å²) in [6, 6.07) is 0. The van der Waals surface area contributed by atoms with Gasteiger partial charge in [-0.1, -0.05) is 12.8 Å². The standard InChI is InChI=1S/C17H30N2O2/c18-11-13-4-6-14(7-5-13)16(20)19-10-9-17(21)8-2-1-3-15(17)12-19/h13-15,21H,1-12,18H2. The largest absolute Gasteiger partial charge is 0.389 e. The van der Waals surface area contributed by atoms with Crippen LogP contribution in [0, 0.1) is 17.8 Å². The Morgan fingerprint density at radius 3 is 2.62 bits per heavy atom. The van der Waals surface area contributed by atoms with Crippen LogP contribution in [0.5, 0.6) is 0 Å². The highest BCUT2D eigenvalue weighted by atomic mass is 16.3. The summed E-state index contributed by atoms with van der Waals surface area (Å²) in [7, 11) is 0. The summed E-state index contributed by atoms with van der Waals surface area (Å²) in [6.07, 6.45) is 9.37. The molecule has 0 aromatic carbocycles. The zero-order valence-electron chi connectivity index (χ0n) is 13.1. The molecule has 0 aromatic rings. The normalized spacial score (nSPS) is 40.7. The van der Waals surface area contributed by atoms with E-state index in [2.05, 4.69) is 4.90 Å². The maximum absolute atomic E-state index is 12.7. The highest BCUT2D eigenvalue weighted by molar-refractivity contribution is 5.79. The lowest BCUT2D eigenvalue weighted by Crippen LogP contribution is -2.55. The van der Waals surface area contributed by atoms with Gasteiger partial charge in [-0.05, 0) is 57.4 Å². The summed E-state index contributed by atoms with van der Waals surface area (Å²) in [4.78, 5) is 14.8. The Bertz CT molecular complexity index is 379. The highest BCUT2D eigenvalue weighted by Gasteiger charge is 2.44. The lowest BCUT2D eigenvalue weighted by atomic mass is 9.71. The van der Waals surface area contributed by atoms with E-state index in [1.165, 1.54) is 6.42 Å². The van der Waals surface area contributed by atoms with Crippen molar-refractivity contribution in [1.82, 2.24) is 4.90 Å². The number of rotatable bonds is 2. The van der Waals surface area contributed by atoms with E-state index in [0.29, 0.717) is 17.7 Å². The third-order valence-corrected chi connectivity index (χ3v) is 6.27. The first-order valence-electron chi connectivity index (χ1n) is 8.83. The third-order valence-electron chi connectivity index (χ3n) is 6.27. The monoisotopic (exact) mass is 294 g/mol. The van der Waals surface area contributed by atoms with Crippen LogP contribution in [-0.2, 0) is 4.79 Å². The van der Waals surface area contributed by atoms with Crippen molar-refractivity contribution in [2.24, 2.45) is 23.5 Å². The molecule has 3 aliphatic rings. The van der Waals surface area contributed by atoms with Gasteiger partial charge in [0.15, 0.2) is 0 Å². The minimum Gasteiger partial charge on any atom is -0.389 e. The predicted molar refractivity (Wildman–Crippen MR) is 82.6 cm³/mol. The molecule has 3 N–H and O–H groups in total. The molecule has 21 heavy (non-hydrogen) atoms. The number of aliphatic hydroxyl groups is 1. The van der Waals surface area contributed by atoms with Gasteiger partial charge in [0.1, 0.15) is 0 Å². The van der Waals surface area contributed by atoms with E-state index >= 15 is 0 Å². The second-order valence-corrected chi connectivity index (χ2v) is 7.53. The maximum atomic E-state index is 12.7. The zero-order chi connectivity index (χ0) is 14.9. The SMILES string of the molecule is NCC1CCC(C(=O)N2CCC3(O)CCCCC3C2)CC1. The number of hydrogen-bond donors (Lipinski definition) is 2. The average molecular weight is 294 g/mol. The van der Waals surface area contributed by atoms with Crippen LogP contribution in [-0.4, -0.2) is 41.1 Å². The van der Waals surface area contributed by atoms with Gasteiger partial charge in [-0.25, -0.2) is 0 Å². The quantitative estimate of drug-likeness (QED) is 0.817. The Kier molecular flexibility index (Phi) is 4.55. The Labute approximate surface area is 128 Å². The van der Waals surface area contributed by atoms with E-state index in [9.17, 15) is 9.90 Å². The van der Waals surface area contributed by atoms with Crippen LogP contribution in [0.1, 0.15) is 57.8 Å². The number of nitrogens with zero attached hydrogens (tertiary/aromatic N) is 1. The Morgan fingerprint density at radius 1 is 1.14 bits per heavy atom.